The van der Waals surface area contributed by atoms with E-state index in [0.717, 1.165) is 0 Å². The molecule has 0 spiro atoms. The number of piperazine rings is 1. The largest absolute Gasteiger partial charge is 0.462 e. The Morgan fingerprint density at radius 2 is 1.70 bits per heavy atom. The molecule has 1 aromatic heterocycles. The molecular formula is C19H22N4O4. The molecule has 0 bridgehead atoms. The minimum absolute atomic E-state index is 0.0605. The number of urea groups is 1. The van der Waals surface area contributed by atoms with Gasteiger partial charge in [-0.05, 0) is 43.3 Å². The summed E-state index contributed by atoms with van der Waals surface area (Å²) < 4.78 is 4.93. The lowest BCUT2D eigenvalue weighted by molar-refractivity contribution is 0.0526. The van der Waals surface area contributed by atoms with Gasteiger partial charge in [-0.25, -0.2) is 9.59 Å². The van der Waals surface area contributed by atoms with Crippen molar-refractivity contribution in [3.8, 4) is 0 Å². The topological polar surface area (TPSA) is 94.7 Å². The summed E-state index contributed by atoms with van der Waals surface area (Å²) in [7, 11) is 0. The van der Waals surface area contributed by atoms with Crippen LogP contribution in [0.3, 0.4) is 0 Å². The molecule has 3 amide bonds. The number of hydrogen-bond acceptors (Lipinski definition) is 4. The van der Waals surface area contributed by atoms with Crippen molar-refractivity contribution in [1.82, 2.24) is 14.8 Å². The summed E-state index contributed by atoms with van der Waals surface area (Å²) in [4.78, 5) is 42.6. The summed E-state index contributed by atoms with van der Waals surface area (Å²) in [5, 5.41) is 2.81. The number of rotatable bonds is 4. The zero-order valence-electron chi connectivity index (χ0n) is 15.1. The van der Waals surface area contributed by atoms with Crippen LogP contribution < -0.4 is 5.32 Å². The Hall–Kier alpha value is -3.29. The zero-order valence-corrected chi connectivity index (χ0v) is 15.1. The minimum atomic E-state index is -0.391. The maximum atomic E-state index is 12.4. The van der Waals surface area contributed by atoms with Crippen LogP contribution in [-0.4, -0.2) is 65.5 Å². The number of anilines is 1. The Morgan fingerprint density at radius 1 is 1.04 bits per heavy atom. The lowest BCUT2D eigenvalue weighted by atomic mass is 10.2. The predicted octanol–water partition coefficient (Wildman–Crippen LogP) is 2.18. The van der Waals surface area contributed by atoms with Gasteiger partial charge >= 0.3 is 12.0 Å². The first kappa shape index (κ1) is 18.5. The summed E-state index contributed by atoms with van der Waals surface area (Å²) in [6.07, 6.45) is 1.71. The molecule has 1 aliphatic rings. The van der Waals surface area contributed by atoms with Crippen molar-refractivity contribution in [1.29, 1.82) is 0 Å². The van der Waals surface area contributed by atoms with Crippen LogP contribution in [0, 0.1) is 0 Å². The number of carbonyl (C=O) groups excluding carboxylic acids is 3. The van der Waals surface area contributed by atoms with Gasteiger partial charge in [-0.1, -0.05) is 0 Å². The van der Waals surface area contributed by atoms with Crippen molar-refractivity contribution in [3.63, 3.8) is 0 Å². The van der Waals surface area contributed by atoms with E-state index in [9.17, 15) is 14.4 Å². The molecule has 2 heterocycles. The maximum Gasteiger partial charge on any atom is 0.338 e. The van der Waals surface area contributed by atoms with E-state index in [2.05, 4.69) is 10.3 Å². The fourth-order valence-corrected chi connectivity index (χ4v) is 2.85. The van der Waals surface area contributed by atoms with Gasteiger partial charge in [-0.3, -0.25) is 4.79 Å². The van der Waals surface area contributed by atoms with E-state index in [1.54, 1.807) is 59.3 Å². The first-order valence-corrected chi connectivity index (χ1v) is 8.84. The summed E-state index contributed by atoms with van der Waals surface area (Å²) in [5.41, 5.74) is 1.58. The van der Waals surface area contributed by atoms with Gasteiger partial charge in [0.05, 0.1) is 12.2 Å². The van der Waals surface area contributed by atoms with Gasteiger partial charge in [0, 0.05) is 38.1 Å². The molecule has 0 saturated carbocycles. The third kappa shape index (κ3) is 4.46. The number of esters is 1. The second kappa shape index (κ2) is 8.39. The highest BCUT2D eigenvalue weighted by atomic mass is 16.5. The lowest BCUT2D eigenvalue weighted by Crippen LogP contribution is -2.51. The predicted molar refractivity (Wildman–Crippen MR) is 99.7 cm³/mol. The molecule has 8 nitrogen and oxygen atoms in total. The third-order valence-corrected chi connectivity index (χ3v) is 4.33. The number of aromatic nitrogens is 1. The molecule has 2 aromatic rings. The highest BCUT2D eigenvalue weighted by molar-refractivity contribution is 5.94. The molecule has 0 unspecified atom stereocenters. The Morgan fingerprint density at radius 3 is 2.30 bits per heavy atom. The van der Waals surface area contributed by atoms with E-state index < -0.39 is 5.97 Å². The van der Waals surface area contributed by atoms with Crippen molar-refractivity contribution in [2.45, 2.75) is 6.92 Å². The normalized spacial score (nSPS) is 14.0. The SMILES string of the molecule is CCOC(=O)c1ccc(NC(=O)N2CCN(C(=O)c3ccc[nH]3)CC2)cc1. The second-order valence-corrected chi connectivity index (χ2v) is 6.09. The van der Waals surface area contributed by atoms with E-state index in [-0.39, 0.29) is 11.9 Å². The highest BCUT2D eigenvalue weighted by Gasteiger charge is 2.25. The summed E-state index contributed by atoms with van der Waals surface area (Å²) in [5.74, 6) is -0.451. The molecule has 2 N–H and O–H groups in total. The average molecular weight is 370 g/mol. The summed E-state index contributed by atoms with van der Waals surface area (Å²) >= 11 is 0. The fraction of sp³-hybridized carbons (Fsp3) is 0.316. The van der Waals surface area contributed by atoms with E-state index in [0.29, 0.717) is 49.7 Å². The third-order valence-electron chi connectivity index (χ3n) is 4.33. The van der Waals surface area contributed by atoms with Crippen molar-refractivity contribution in [3.05, 3.63) is 53.9 Å². The Labute approximate surface area is 157 Å². The molecule has 8 heteroatoms. The monoisotopic (exact) mass is 370 g/mol. The van der Waals surface area contributed by atoms with Gasteiger partial charge in [0.15, 0.2) is 0 Å². The van der Waals surface area contributed by atoms with Gasteiger partial charge in [-0.15, -0.1) is 0 Å². The molecule has 3 rings (SSSR count). The van der Waals surface area contributed by atoms with Crippen LogP contribution in [0.1, 0.15) is 27.8 Å². The number of ether oxygens (including phenoxy) is 1. The van der Waals surface area contributed by atoms with Crippen LogP contribution in [0.15, 0.2) is 42.6 Å². The minimum Gasteiger partial charge on any atom is -0.462 e. The molecule has 1 fully saturated rings. The maximum absolute atomic E-state index is 12.4. The quantitative estimate of drug-likeness (QED) is 0.807. The Bertz CT molecular complexity index is 794. The van der Waals surface area contributed by atoms with Crippen LogP contribution in [0.4, 0.5) is 10.5 Å². The zero-order chi connectivity index (χ0) is 19.2. The standard InChI is InChI=1S/C19H22N4O4/c1-2-27-18(25)14-5-7-15(8-6-14)21-19(26)23-12-10-22(11-13-23)17(24)16-4-3-9-20-16/h3-9,20H,2,10-13H2,1H3,(H,21,26). The average Bonchev–Trinajstić information content (AvgIpc) is 3.23. The van der Waals surface area contributed by atoms with Gasteiger partial charge in [-0.2, -0.15) is 0 Å². The number of aromatic amines is 1. The molecule has 27 heavy (non-hydrogen) atoms. The molecule has 142 valence electrons. The molecule has 0 atom stereocenters. The molecule has 0 aliphatic carbocycles. The van der Waals surface area contributed by atoms with E-state index in [1.165, 1.54) is 0 Å². The lowest BCUT2D eigenvalue weighted by Gasteiger charge is -2.34. The second-order valence-electron chi connectivity index (χ2n) is 6.09. The van der Waals surface area contributed by atoms with Crippen LogP contribution in [0.5, 0.6) is 0 Å². The van der Waals surface area contributed by atoms with Gasteiger partial charge in [0.25, 0.3) is 5.91 Å². The Kier molecular flexibility index (Phi) is 5.75. The van der Waals surface area contributed by atoms with Gasteiger partial charge < -0.3 is 24.8 Å². The van der Waals surface area contributed by atoms with E-state index in [1.807, 2.05) is 0 Å². The first-order valence-electron chi connectivity index (χ1n) is 8.84. The van der Waals surface area contributed by atoms with E-state index in [4.69, 9.17) is 4.74 Å². The molecule has 1 saturated heterocycles. The van der Waals surface area contributed by atoms with Crippen LogP contribution in [-0.2, 0) is 4.74 Å². The highest BCUT2D eigenvalue weighted by Crippen LogP contribution is 2.13. The van der Waals surface area contributed by atoms with E-state index >= 15 is 0 Å². The fourth-order valence-electron chi connectivity index (χ4n) is 2.85. The summed E-state index contributed by atoms with van der Waals surface area (Å²) in [6, 6.07) is 9.84. The molecule has 1 aromatic carbocycles. The first-order chi connectivity index (χ1) is 13.1. The molecular weight excluding hydrogens is 348 g/mol. The smallest absolute Gasteiger partial charge is 0.338 e. The van der Waals surface area contributed by atoms with Crippen molar-refractivity contribution >= 4 is 23.6 Å². The van der Waals surface area contributed by atoms with Crippen molar-refractivity contribution < 1.29 is 19.1 Å². The number of benzene rings is 1. The Balaban J connectivity index is 1.51. The number of hydrogen-bond donors (Lipinski definition) is 2. The van der Waals surface area contributed by atoms with Crippen molar-refractivity contribution in [2.24, 2.45) is 0 Å². The van der Waals surface area contributed by atoms with Crippen LogP contribution >= 0.6 is 0 Å². The number of nitrogens with zero attached hydrogens (tertiary/aromatic N) is 2. The van der Waals surface area contributed by atoms with Gasteiger partial charge in [0.1, 0.15) is 5.69 Å². The number of nitrogens with one attached hydrogen (secondary N) is 2. The molecule has 0 radical (unpaired) electrons. The van der Waals surface area contributed by atoms with Crippen LogP contribution in [0.2, 0.25) is 0 Å². The molecule has 1 aliphatic heterocycles. The number of H-pyrrole nitrogens is 1. The number of amides is 3. The van der Waals surface area contributed by atoms with Crippen LogP contribution in [0.25, 0.3) is 0 Å². The summed E-state index contributed by atoms with van der Waals surface area (Å²) in [6.45, 7) is 3.94. The van der Waals surface area contributed by atoms with Gasteiger partial charge in [0.2, 0.25) is 0 Å². The van der Waals surface area contributed by atoms with Crippen molar-refractivity contribution in [2.75, 3.05) is 38.1 Å². The number of carbonyl (C=O) groups is 3.